The minimum atomic E-state index is 0.320. The molecule has 0 aromatic heterocycles. The van der Waals surface area contributed by atoms with Gasteiger partial charge in [-0.3, -0.25) is 0 Å². The maximum absolute atomic E-state index is 10.3. The van der Waals surface area contributed by atoms with E-state index >= 15 is 0 Å². The number of benzene rings is 1. The molecule has 1 saturated heterocycles. The molecule has 3 aliphatic heterocycles. The third kappa shape index (κ3) is 2.24. The monoisotopic (exact) mass is 290 g/mol. The lowest BCUT2D eigenvalue weighted by atomic mass is 9.96. The van der Waals surface area contributed by atoms with Gasteiger partial charge in [0.2, 0.25) is 0 Å². The summed E-state index contributed by atoms with van der Waals surface area (Å²) in [5, 5.41) is 13.7. The Morgan fingerprint density at radius 2 is 1.71 bits per heavy atom. The van der Waals surface area contributed by atoms with Gasteiger partial charge < -0.3 is 24.8 Å². The van der Waals surface area contributed by atoms with Crippen LogP contribution in [0.25, 0.3) is 0 Å². The second-order valence-corrected chi connectivity index (χ2v) is 5.98. The fourth-order valence-electron chi connectivity index (χ4n) is 3.65. The number of hydrogen-bond acceptors (Lipinski definition) is 5. The molecule has 1 aromatic carbocycles. The maximum Gasteiger partial charge on any atom is 0.165 e. The van der Waals surface area contributed by atoms with Crippen LogP contribution in [-0.2, 0) is 19.3 Å². The molecule has 0 spiro atoms. The normalized spacial score (nSPS) is 20.8. The van der Waals surface area contributed by atoms with Crippen LogP contribution in [-0.4, -0.2) is 55.9 Å². The molecule has 5 nitrogen and oxygen atoms in total. The first-order valence-electron chi connectivity index (χ1n) is 7.93. The topological polar surface area (TPSA) is 54.0 Å². The first-order chi connectivity index (χ1) is 10.3. The number of aromatic hydroxyl groups is 1. The minimum absolute atomic E-state index is 0.320. The molecule has 0 aliphatic carbocycles. The highest BCUT2D eigenvalue weighted by Crippen LogP contribution is 2.48. The van der Waals surface area contributed by atoms with E-state index < -0.39 is 0 Å². The Balaban J connectivity index is 1.62. The van der Waals surface area contributed by atoms with Gasteiger partial charge >= 0.3 is 0 Å². The first kappa shape index (κ1) is 13.2. The maximum atomic E-state index is 10.3. The molecule has 5 heteroatoms. The second kappa shape index (κ2) is 5.39. The summed E-state index contributed by atoms with van der Waals surface area (Å²) < 4.78 is 11.5. The number of fused-ring (bicyclic) bond motifs is 2. The Hall–Kier alpha value is -1.46. The lowest BCUT2D eigenvalue weighted by Crippen LogP contribution is -2.44. The Labute approximate surface area is 124 Å². The third-order valence-corrected chi connectivity index (χ3v) is 4.77. The van der Waals surface area contributed by atoms with E-state index in [1.807, 2.05) is 0 Å². The summed E-state index contributed by atoms with van der Waals surface area (Å²) in [6.45, 7) is 6.77. The zero-order valence-corrected chi connectivity index (χ0v) is 12.3. The van der Waals surface area contributed by atoms with E-state index in [-0.39, 0.29) is 0 Å². The molecule has 21 heavy (non-hydrogen) atoms. The summed E-state index contributed by atoms with van der Waals surface area (Å²) in [6.07, 6.45) is 2.66. The van der Waals surface area contributed by atoms with Crippen molar-refractivity contribution in [2.24, 2.45) is 0 Å². The van der Waals surface area contributed by atoms with Crippen LogP contribution >= 0.6 is 0 Å². The summed E-state index contributed by atoms with van der Waals surface area (Å²) in [4.78, 5) is 2.49. The SMILES string of the molecule is Oc1c2c(c(CCN3CCNCC3)c3c1OCC3)OCC2. The Bertz CT molecular complexity index is 518. The highest BCUT2D eigenvalue weighted by Gasteiger charge is 2.31. The molecule has 3 heterocycles. The van der Waals surface area contributed by atoms with Crippen LogP contribution in [0.2, 0.25) is 0 Å². The van der Waals surface area contributed by atoms with Gasteiger partial charge in [0.25, 0.3) is 0 Å². The zero-order valence-electron chi connectivity index (χ0n) is 12.3. The molecule has 0 atom stereocenters. The van der Waals surface area contributed by atoms with Crippen molar-refractivity contribution in [3.8, 4) is 17.2 Å². The van der Waals surface area contributed by atoms with Gasteiger partial charge in [-0.25, -0.2) is 0 Å². The van der Waals surface area contributed by atoms with Crippen LogP contribution in [0.3, 0.4) is 0 Å². The van der Waals surface area contributed by atoms with Gasteiger partial charge in [0.1, 0.15) is 5.75 Å². The van der Waals surface area contributed by atoms with Crippen molar-refractivity contribution in [3.05, 3.63) is 16.7 Å². The van der Waals surface area contributed by atoms with E-state index in [1.54, 1.807) is 0 Å². The number of nitrogens with one attached hydrogen (secondary N) is 1. The van der Waals surface area contributed by atoms with Crippen molar-refractivity contribution in [2.45, 2.75) is 19.3 Å². The Kier molecular flexibility index (Phi) is 3.39. The van der Waals surface area contributed by atoms with Crippen molar-refractivity contribution >= 4 is 0 Å². The standard InChI is InChI=1S/C16H22N2O3/c19-14-13-3-10-20-15(13)11(12-2-9-21-16(12)14)1-6-18-7-4-17-5-8-18/h17,19H,1-10H2. The second-order valence-electron chi connectivity index (χ2n) is 5.98. The highest BCUT2D eigenvalue weighted by atomic mass is 16.5. The van der Waals surface area contributed by atoms with Crippen molar-refractivity contribution in [1.29, 1.82) is 0 Å². The molecule has 0 saturated carbocycles. The van der Waals surface area contributed by atoms with Crippen molar-refractivity contribution in [3.63, 3.8) is 0 Å². The van der Waals surface area contributed by atoms with Crippen molar-refractivity contribution in [2.75, 3.05) is 45.9 Å². The molecule has 114 valence electrons. The fourth-order valence-corrected chi connectivity index (χ4v) is 3.65. The summed E-state index contributed by atoms with van der Waals surface area (Å²) in [5.41, 5.74) is 3.39. The predicted octanol–water partition coefficient (Wildman–Crippen LogP) is 0.710. The van der Waals surface area contributed by atoms with Gasteiger partial charge in [-0.2, -0.15) is 0 Å². The van der Waals surface area contributed by atoms with Crippen LogP contribution in [0.5, 0.6) is 17.2 Å². The van der Waals surface area contributed by atoms with Crippen LogP contribution in [0, 0.1) is 0 Å². The summed E-state index contributed by atoms with van der Waals surface area (Å²) >= 11 is 0. The van der Waals surface area contributed by atoms with E-state index in [1.165, 1.54) is 11.1 Å². The molecule has 3 aliphatic rings. The number of nitrogens with zero attached hydrogens (tertiary/aromatic N) is 1. The molecule has 0 bridgehead atoms. The van der Waals surface area contributed by atoms with E-state index in [4.69, 9.17) is 9.47 Å². The van der Waals surface area contributed by atoms with Crippen LogP contribution < -0.4 is 14.8 Å². The van der Waals surface area contributed by atoms with Crippen molar-refractivity contribution < 1.29 is 14.6 Å². The van der Waals surface area contributed by atoms with Crippen LogP contribution in [0.15, 0.2) is 0 Å². The number of phenols is 1. The molecule has 2 N–H and O–H groups in total. The van der Waals surface area contributed by atoms with Gasteiger partial charge in [-0.05, 0) is 6.42 Å². The number of ether oxygens (including phenoxy) is 2. The first-order valence-corrected chi connectivity index (χ1v) is 7.93. The molecule has 0 amide bonds. The average molecular weight is 290 g/mol. The van der Waals surface area contributed by atoms with E-state index in [0.29, 0.717) is 19.0 Å². The lowest BCUT2D eigenvalue weighted by Gasteiger charge is -2.27. The predicted molar refractivity (Wildman–Crippen MR) is 79.5 cm³/mol. The van der Waals surface area contributed by atoms with E-state index in [0.717, 1.165) is 69.0 Å². The number of hydrogen-bond donors (Lipinski definition) is 2. The van der Waals surface area contributed by atoms with Gasteiger partial charge in [0.05, 0.1) is 13.2 Å². The molecule has 4 rings (SSSR count). The van der Waals surface area contributed by atoms with Gasteiger partial charge in [0, 0.05) is 62.3 Å². The summed E-state index contributed by atoms with van der Waals surface area (Å²) in [6, 6.07) is 0. The van der Waals surface area contributed by atoms with Gasteiger partial charge in [0.15, 0.2) is 11.5 Å². The smallest absolute Gasteiger partial charge is 0.165 e. The third-order valence-electron chi connectivity index (χ3n) is 4.77. The largest absolute Gasteiger partial charge is 0.504 e. The van der Waals surface area contributed by atoms with E-state index in [9.17, 15) is 5.11 Å². The molecule has 0 unspecified atom stereocenters. The van der Waals surface area contributed by atoms with E-state index in [2.05, 4.69) is 10.2 Å². The van der Waals surface area contributed by atoms with Crippen molar-refractivity contribution in [1.82, 2.24) is 10.2 Å². The fraction of sp³-hybridized carbons (Fsp3) is 0.625. The molecule has 0 radical (unpaired) electrons. The minimum Gasteiger partial charge on any atom is -0.504 e. The Morgan fingerprint density at radius 1 is 1.00 bits per heavy atom. The van der Waals surface area contributed by atoms with Gasteiger partial charge in [-0.1, -0.05) is 0 Å². The zero-order chi connectivity index (χ0) is 14.2. The van der Waals surface area contributed by atoms with Gasteiger partial charge in [-0.15, -0.1) is 0 Å². The van der Waals surface area contributed by atoms with Crippen LogP contribution in [0.4, 0.5) is 0 Å². The van der Waals surface area contributed by atoms with Crippen LogP contribution in [0.1, 0.15) is 16.7 Å². The quantitative estimate of drug-likeness (QED) is 0.859. The number of rotatable bonds is 3. The highest BCUT2D eigenvalue weighted by molar-refractivity contribution is 5.65. The number of piperazine rings is 1. The summed E-state index contributed by atoms with van der Waals surface area (Å²) in [7, 11) is 0. The average Bonchev–Trinajstić information content (AvgIpc) is 3.17. The summed E-state index contributed by atoms with van der Waals surface area (Å²) in [5.74, 6) is 1.97. The molecular formula is C16H22N2O3. The Morgan fingerprint density at radius 3 is 2.52 bits per heavy atom. The lowest BCUT2D eigenvalue weighted by molar-refractivity contribution is 0.242. The molecular weight excluding hydrogens is 268 g/mol. The number of phenolic OH excluding ortho intramolecular Hbond substituents is 1. The molecule has 1 fully saturated rings. The molecule has 1 aromatic rings.